The van der Waals surface area contributed by atoms with Crippen LogP contribution in [0.1, 0.15) is 18.9 Å². The van der Waals surface area contributed by atoms with Crippen molar-refractivity contribution >= 4 is 32.7 Å². The van der Waals surface area contributed by atoms with Crippen molar-refractivity contribution in [2.45, 2.75) is 19.8 Å². The van der Waals surface area contributed by atoms with Gasteiger partial charge in [-0.05, 0) is 30.2 Å². The highest BCUT2D eigenvalue weighted by Crippen LogP contribution is 2.25. The molecule has 1 heterocycles. The molecule has 0 unspecified atom stereocenters. The second-order valence-electron chi connectivity index (χ2n) is 3.74. The van der Waals surface area contributed by atoms with E-state index < -0.39 is 0 Å². The van der Waals surface area contributed by atoms with E-state index in [2.05, 4.69) is 27.8 Å². The summed E-state index contributed by atoms with van der Waals surface area (Å²) in [6.45, 7) is 2.07. The van der Waals surface area contributed by atoms with E-state index in [4.69, 9.17) is 5.73 Å². The molecule has 0 saturated heterocycles. The highest BCUT2D eigenvalue weighted by atomic mass is 79.9. The Balaban J connectivity index is 2.69. The van der Waals surface area contributed by atoms with Crippen molar-refractivity contribution in [2.75, 3.05) is 5.73 Å². The molecule has 1 aromatic heterocycles. The van der Waals surface area contributed by atoms with Crippen LogP contribution in [0.2, 0.25) is 0 Å². The van der Waals surface area contributed by atoms with E-state index in [0.717, 1.165) is 23.8 Å². The molecule has 2 aromatic rings. The van der Waals surface area contributed by atoms with Gasteiger partial charge in [0, 0.05) is 9.86 Å². The largest absolute Gasteiger partial charge is 0.383 e. The Hall–Kier alpha value is -1.16. The summed E-state index contributed by atoms with van der Waals surface area (Å²) < 4.78 is 14.3. The number of fused-ring (bicyclic) bond motifs is 1. The number of hydrogen-bond acceptors (Lipinski definition) is 2. The first-order valence-corrected chi connectivity index (χ1v) is 5.95. The summed E-state index contributed by atoms with van der Waals surface area (Å²) in [7, 11) is 0. The second kappa shape index (κ2) is 4.37. The molecule has 0 atom stereocenters. The fourth-order valence-electron chi connectivity index (χ4n) is 1.74. The average molecular weight is 283 g/mol. The number of halogens is 2. The van der Waals surface area contributed by atoms with Gasteiger partial charge in [-0.1, -0.05) is 29.3 Å². The summed E-state index contributed by atoms with van der Waals surface area (Å²) in [5.41, 5.74) is 7.10. The number of benzene rings is 1. The van der Waals surface area contributed by atoms with Crippen molar-refractivity contribution in [3.05, 3.63) is 34.1 Å². The van der Waals surface area contributed by atoms with Crippen LogP contribution in [0.4, 0.5) is 10.2 Å². The topological polar surface area (TPSA) is 38.9 Å². The molecule has 0 aliphatic heterocycles. The Morgan fingerprint density at radius 2 is 2.12 bits per heavy atom. The maximum atomic E-state index is 13.6. The maximum Gasteiger partial charge on any atom is 0.150 e. The van der Waals surface area contributed by atoms with E-state index >= 15 is 0 Å². The molecule has 0 fully saturated rings. The predicted molar refractivity (Wildman–Crippen MR) is 67.8 cm³/mol. The molecule has 16 heavy (non-hydrogen) atoms. The van der Waals surface area contributed by atoms with Gasteiger partial charge in [0.1, 0.15) is 11.3 Å². The third kappa shape index (κ3) is 2.02. The number of nitrogens with zero attached hydrogens (tertiary/aromatic N) is 1. The minimum absolute atomic E-state index is 0.334. The number of aryl methyl sites for hydroxylation is 1. The quantitative estimate of drug-likeness (QED) is 0.913. The zero-order valence-corrected chi connectivity index (χ0v) is 10.5. The van der Waals surface area contributed by atoms with Crippen molar-refractivity contribution in [3.63, 3.8) is 0 Å². The molecule has 1 aromatic carbocycles. The van der Waals surface area contributed by atoms with Gasteiger partial charge < -0.3 is 5.73 Å². The molecule has 2 N–H and O–H groups in total. The number of hydrogen-bond donors (Lipinski definition) is 1. The Labute approximate surface area is 102 Å². The standard InChI is InChI=1S/C12H12BrFN2/c1-2-3-7-4-8-5-9(13)6-10(14)11(8)16-12(7)15/h4-6H,2-3H2,1H3,(H2,15,16). The molecule has 84 valence electrons. The number of anilines is 1. The van der Waals surface area contributed by atoms with Gasteiger partial charge in [-0.2, -0.15) is 0 Å². The second-order valence-corrected chi connectivity index (χ2v) is 4.66. The molecule has 4 heteroatoms. The smallest absolute Gasteiger partial charge is 0.150 e. The third-order valence-electron chi connectivity index (χ3n) is 2.47. The number of pyridine rings is 1. The molecular formula is C12H12BrFN2. The van der Waals surface area contributed by atoms with Crippen LogP contribution in [0.3, 0.4) is 0 Å². The lowest BCUT2D eigenvalue weighted by atomic mass is 10.1. The van der Waals surface area contributed by atoms with Gasteiger partial charge in [-0.15, -0.1) is 0 Å². The van der Waals surface area contributed by atoms with Gasteiger partial charge in [-0.3, -0.25) is 0 Å². The number of aromatic nitrogens is 1. The van der Waals surface area contributed by atoms with E-state index in [9.17, 15) is 4.39 Å². The van der Waals surface area contributed by atoms with Gasteiger partial charge in [-0.25, -0.2) is 9.37 Å². The molecule has 0 amide bonds. The summed E-state index contributed by atoms with van der Waals surface area (Å²) in [4.78, 5) is 4.12. The van der Waals surface area contributed by atoms with E-state index in [-0.39, 0.29) is 5.82 Å². The van der Waals surface area contributed by atoms with E-state index in [1.807, 2.05) is 12.1 Å². The van der Waals surface area contributed by atoms with Crippen LogP contribution in [0.5, 0.6) is 0 Å². The Bertz CT molecular complexity index is 540. The van der Waals surface area contributed by atoms with Gasteiger partial charge in [0.05, 0.1) is 0 Å². The molecule has 2 rings (SSSR count). The van der Waals surface area contributed by atoms with Crippen LogP contribution >= 0.6 is 15.9 Å². The molecule has 0 saturated carbocycles. The van der Waals surface area contributed by atoms with Crippen molar-refractivity contribution in [3.8, 4) is 0 Å². The van der Waals surface area contributed by atoms with Crippen molar-refractivity contribution in [2.24, 2.45) is 0 Å². The fraction of sp³-hybridized carbons (Fsp3) is 0.250. The van der Waals surface area contributed by atoms with E-state index in [1.54, 1.807) is 0 Å². The Morgan fingerprint density at radius 3 is 2.81 bits per heavy atom. The zero-order chi connectivity index (χ0) is 11.7. The summed E-state index contributed by atoms with van der Waals surface area (Å²) in [5, 5.41) is 0.782. The van der Waals surface area contributed by atoms with Crippen LogP contribution < -0.4 is 5.73 Å². The van der Waals surface area contributed by atoms with E-state index in [1.165, 1.54) is 6.07 Å². The van der Waals surface area contributed by atoms with Crippen LogP contribution in [0.25, 0.3) is 10.9 Å². The fourth-order valence-corrected chi connectivity index (χ4v) is 2.18. The van der Waals surface area contributed by atoms with Crippen LogP contribution in [0.15, 0.2) is 22.7 Å². The minimum atomic E-state index is -0.348. The van der Waals surface area contributed by atoms with Crippen LogP contribution in [0, 0.1) is 5.82 Å². The number of nitrogen functional groups attached to an aromatic ring is 1. The molecule has 0 radical (unpaired) electrons. The SMILES string of the molecule is CCCc1cc2cc(Br)cc(F)c2nc1N. The third-order valence-corrected chi connectivity index (χ3v) is 2.93. The highest BCUT2D eigenvalue weighted by molar-refractivity contribution is 9.10. The van der Waals surface area contributed by atoms with Gasteiger partial charge in [0.25, 0.3) is 0 Å². The lowest BCUT2D eigenvalue weighted by molar-refractivity contribution is 0.636. The van der Waals surface area contributed by atoms with Crippen molar-refractivity contribution in [1.82, 2.24) is 4.98 Å². The average Bonchev–Trinajstić information content (AvgIpc) is 2.21. The van der Waals surface area contributed by atoms with Gasteiger partial charge in [0.2, 0.25) is 0 Å². The Kier molecular flexibility index (Phi) is 3.10. The van der Waals surface area contributed by atoms with Gasteiger partial charge in [0.15, 0.2) is 5.82 Å². The molecule has 2 nitrogen and oxygen atoms in total. The molecular weight excluding hydrogens is 271 g/mol. The van der Waals surface area contributed by atoms with Crippen LogP contribution in [-0.2, 0) is 6.42 Å². The first-order valence-electron chi connectivity index (χ1n) is 5.16. The first-order chi connectivity index (χ1) is 7.61. The van der Waals surface area contributed by atoms with Crippen molar-refractivity contribution in [1.29, 1.82) is 0 Å². The minimum Gasteiger partial charge on any atom is -0.383 e. The molecule has 0 aliphatic rings. The lowest BCUT2D eigenvalue weighted by Crippen LogP contribution is -1.99. The Morgan fingerprint density at radius 1 is 1.38 bits per heavy atom. The van der Waals surface area contributed by atoms with E-state index in [0.29, 0.717) is 15.8 Å². The van der Waals surface area contributed by atoms with Crippen LogP contribution in [-0.4, -0.2) is 4.98 Å². The first kappa shape index (κ1) is 11.3. The van der Waals surface area contributed by atoms with Gasteiger partial charge >= 0.3 is 0 Å². The summed E-state index contributed by atoms with van der Waals surface area (Å²) in [6.07, 6.45) is 1.86. The summed E-state index contributed by atoms with van der Waals surface area (Å²) in [5.74, 6) is 0.0784. The summed E-state index contributed by atoms with van der Waals surface area (Å²) >= 11 is 3.27. The summed E-state index contributed by atoms with van der Waals surface area (Å²) in [6, 6.07) is 5.16. The normalized spacial score (nSPS) is 10.9. The number of rotatable bonds is 2. The predicted octanol–water partition coefficient (Wildman–Crippen LogP) is 3.67. The lowest BCUT2D eigenvalue weighted by Gasteiger charge is -2.07. The number of nitrogens with two attached hydrogens (primary N) is 1. The molecule has 0 bridgehead atoms. The van der Waals surface area contributed by atoms with Crippen molar-refractivity contribution < 1.29 is 4.39 Å². The molecule has 0 aliphatic carbocycles. The monoisotopic (exact) mass is 282 g/mol. The highest BCUT2D eigenvalue weighted by Gasteiger charge is 2.08. The zero-order valence-electron chi connectivity index (χ0n) is 8.93. The molecule has 0 spiro atoms. The maximum absolute atomic E-state index is 13.6.